The third-order valence-corrected chi connectivity index (χ3v) is 3.97. The van der Waals surface area contributed by atoms with Gasteiger partial charge in [0, 0.05) is 6.26 Å². The standard InChI is InChI=1S/C14H10ClNO3S/c1-20(17,18)11-5-2-4-10(8-11)19-14-7-3-6-13(15)12(14)9-16/h2-8H,1H3. The zero-order valence-corrected chi connectivity index (χ0v) is 12.1. The lowest BCUT2D eigenvalue weighted by Crippen LogP contribution is -1.97. The molecule has 0 atom stereocenters. The summed E-state index contributed by atoms with van der Waals surface area (Å²) in [6.07, 6.45) is 1.12. The van der Waals surface area contributed by atoms with Crippen molar-refractivity contribution >= 4 is 21.4 Å². The van der Waals surface area contributed by atoms with E-state index >= 15 is 0 Å². The van der Waals surface area contributed by atoms with E-state index in [0.29, 0.717) is 5.75 Å². The molecular formula is C14H10ClNO3S. The van der Waals surface area contributed by atoms with Crippen LogP contribution in [0, 0.1) is 11.3 Å². The molecule has 0 spiro atoms. The van der Waals surface area contributed by atoms with Crippen molar-refractivity contribution < 1.29 is 13.2 Å². The van der Waals surface area contributed by atoms with Gasteiger partial charge in [-0.3, -0.25) is 0 Å². The minimum atomic E-state index is -3.31. The normalized spacial score (nSPS) is 10.8. The quantitative estimate of drug-likeness (QED) is 0.871. The minimum absolute atomic E-state index is 0.149. The monoisotopic (exact) mass is 307 g/mol. The van der Waals surface area contributed by atoms with E-state index < -0.39 is 9.84 Å². The molecule has 0 aliphatic carbocycles. The van der Waals surface area contributed by atoms with Crippen molar-refractivity contribution in [2.75, 3.05) is 6.26 Å². The van der Waals surface area contributed by atoms with Gasteiger partial charge in [-0.2, -0.15) is 5.26 Å². The molecule has 0 saturated heterocycles. The number of hydrogen-bond acceptors (Lipinski definition) is 4. The molecule has 6 heteroatoms. The van der Waals surface area contributed by atoms with Crippen molar-refractivity contribution in [2.24, 2.45) is 0 Å². The van der Waals surface area contributed by atoms with E-state index in [1.165, 1.54) is 12.1 Å². The molecule has 0 aliphatic heterocycles. The van der Waals surface area contributed by atoms with Gasteiger partial charge >= 0.3 is 0 Å². The zero-order chi connectivity index (χ0) is 14.8. The number of rotatable bonds is 3. The molecule has 0 N–H and O–H groups in total. The van der Waals surface area contributed by atoms with Crippen molar-refractivity contribution in [1.82, 2.24) is 0 Å². The Morgan fingerprint density at radius 1 is 1.20 bits per heavy atom. The predicted molar refractivity (Wildman–Crippen MR) is 75.8 cm³/mol. The van der Waals surface area contributed by atoms with Gasteiger partial charge in [-0.1, -0.05) is 23.7 Å². The first-order valence-corrected chi connectivity index (χ1v) is 7.85. The van der Waals surface area contributed by atoms with Gasteiger partial charge in [-0.25, -0.2) is 8.42 Å². The molecule has 0 aromatic heterocycles. The summed E-state index contributed by atoms with van der Waals surface area (Å²) < 4.78 is 28.5. The summed E-state index contributed by atoms with van der Waals surface area (Å²) in [4.78, 5) is 0.149. The molecule has 20 heavy (non-hydrogen) atoms. The Morgan fingerprint density at radius 2 is 1.90 bits per heavy atom. The minimum Gasteiger partial charge on any atom is -0.456 e. The van der Waals surface area contributed by atoms with Crippen LogP contribution >= 0.6 is 11.6 Å². The highest BCUT2D eigenvalue weighted by Gasteiger charge is 2.11. The third kappa shape index (κ3) is 3.10. The molecule has 0 heterocycles. The summed E-state index contributed by atoms with van der Waals surface area (Å²) in [5, 5.41) is 9.33. The first-order chi connectivity index (χ1) is 9.41. The second kappa shape index (κ2) is 5.53. The van der Waals surface area contributed by atoms with E-state index in [-0.39, 0.29) is 21.2 Å². The molecule has 0 saturated carbocycles. The van der Waals surface area contributed by atoms with Crippen LogP contribution in [-0.4, -0.2) is 14.7 Å². The number of halogens is 1. The molecule has 4 nitrogen and oxygen atoms in total. The fourth-order valence-electron chi connectivity index (χ4n) is 1.59. The maximum Gasteiger partial charge on any atom is 0.175 e. The molecule has 0 radical (unpaired) electrons. The van der Waals surface area contributed by atoms with Crippen LogP contribution in [0.4, 0.5) is 0 Å². The molecule has 0 unspecified atom stereocenters. The van der Waals surface area contributed by atoms with E-state index in [9.17, 15) is 8.42 Å². The van der Waals surface area contributed by atoms with Crippen molar-refractivity contribution in [3.05, 3.63) is 53.1 Å². The van der Waals surface area contributed by atoms with Gasteiger partial charge < -0.3 is 4.74 Å². The highest BCUT2D eigenvalue weighted by atomic mass is 35.5. The molecular weight excluding hydrogens is 298 g/mol. The number of ether oxygens (including phenoxy) is 1. The number of nitrogens with zero attached hydrogens (tertiary/aromatic N) is 1. The lowest BCUT2D eigenvalue weighted by molar-refractivity contribution is 0.479. The number of sulfone groups is 1. The molecule has 102 valence electrons. The largest absolute Gasteiger partial charge is 0.456 e. The molecule has 2 aromatic carbocycles. The van der Waals surface area contributed by atoms with Crippen molar-refractivity contribution in [3.8, 4) is 17.6 Å². The van der Waals surface area contributed by atoms with Gasteiger partial charge in [0.05, 0.1) is 9.92 Å². The second-order valence-corrected chi connectivity index (χ2v) is 6.50. The highest BCUT2D eigenvalue weighted by Crippen LogP contribution is 2.30. The number of benzene rings is 2. The van der Waals surface area contributed by atoms with Gasteiger partial charge in [0.25, 0.3) is 0 Å². The summed E-state index contributed by atoms with van der Waals surface area (Å²) in [6.45, 7) is 0. The lowest BCUT2D eigenvalue weighted by Gasteiger charge is -2.09. The van der Waals surface area contributed by atoms with E-state index in [1.54, 1.807) is 30.3 Å². The van der Waals surface area contributed by atoms with Crippen LogP contribution in [0.1, 0.15) is 5.56 Å². The van der Waals surface area contributed by atoms with Gasteiger partial charge in [0.15, 0.2) is 9.84 Å². The third-order valence-electron chi connectivity index (χ3n) is 2.55. The van der Waals surface area contributed by atoms with Crippen molar-refractivity contribution in [1.29, 1.82) is 5.26 Å². The van der Waals surface area contributed by atoms with E-state index in [4.69, 9.17) is 21.6 Å². The average molecular weight is 308 g/mol. The van der Waals surface area contributed by atoms with Crippen LogP contribution in [0.25, 0.3) is 0 Å². The smallest absolute Gasteiger partial charge is 0.175 e. The molecule has 2 rings (SSSR count). The predicted octanol–water partition coefficient (Wildman–Crippen LogP) is 3.41. The lowest BCUT2D eigenvalue weighted by atomic mass is 10.2. The topological polar surface area (TPSA) is 67.2 Å². The van der Waals surface area contributed by atoms with Crippen LogP contribution < -0.4 is 4.74 Å². The Kier molecular flexibility index (Phi) is 3.98. The van der Waals surface area contributed by atoms with Crippen molar-refractivity contribution in [2.45, 2.75) is 4.90 Å². The number of hydrogen-bond donors (Lipinski definition) is 0. The second-order valence-electron chi connectivity index (χ2n) is 4.07. The van der Waals surface area contributed by atoms with E-state index in [1.807, 2.05) is 6.07 Å². The van der Waals surface area contributed by atoms with Crippen molar-refractivity contribution in [3.63, 3.8) is 0 Å². The first-order valence-electron chi connectivity index (χ1n) is 5.58. The zero-order valence-electron chi connectivity index (χ0n) is 10.5. The van der Waals surface area contributed by atoms with Crippen LogP contribution in [0.15, 0.2) is 47.4 Å². The molecule has 0 fully saturated rings. The summed E-state index contributed by atoms with van der Waals surface area (Å²) in [5.74, 6) is 0.609. The fourth-order valence-corrected chi connectivity index (χ4v) is 2.46. The van der Waals surface area contributed by atoms with Gasteiger partial charge in [-0.15, -0.1) is 0 Å². The number of nitriles is 1. The van der Waals surface area contributed by atoms with Crippen LogP contribution in [0.3, 0.4) is 0 Å². The van der Waals surface area contributed by atoms with Crippen LogP contribution in [0.5, 0.6) is 11.5 Å². The summed E-state index contributed by atoms with van der Waals surface area (Å²) in [5.41, 5.74) is 0.207. The van der Waals surface area contributed by atoms with Gasteiger partial charge in [0.1, 0.15) is 23.1 Å². The fraction of sp³-hybridized carbons (Fsp3) is 0.0714. The Morgan fingerprint density at radius 3 is 2.55 bits per heavy atom. The Bertz CT molecular complexity index is 794. The SMILES string of the molecule is CS(=O)(=O)c1cccc(Oc2cccc(Cl)c2C#N)c1. The van der Waals surface area contributed by atoms with E-state index in [0.717, 1.165) is 6.26 Å². The average Bonchev–Trinajstić information content (AvgIpc) is 2.38. The molecule has 0 aliphatic rings. The van der Waals surface area contributed by atoms with Crippen LogP contribution in [-0.2, 0) is 9.84 Å². The highest BCUT2D eigenvalue weighted by molar-refractivity contribution is 7.90. The van der Waals surface area contributed by atoms with E-state index in [2.05, 4.69) is 0 Å². The Hall–Kier alpha value is -2.03. The Labute approximate surface area is 122 Å². The van der Waals surface area contributed by atoms with Crippen LogP contribution in [0.2, 0.25) is 5.02 Å². The first kappa shape index (κ1) is 14.4. The van der Waals surface area contributed by atoms with Gasteiger partial charge in [-0.05, 0) is 30.3 Å². The summed E-state index contributed by atoms with van der Waals surface area (Å²) >= 11 is 5.90. The van der Waals surface area contributed by atoms with Gasteiger partial charge in [0.2, 0.25) is 0 Å². The Balaban J connectivity index is 2.42. The molecule has 0 bridgehead atoms. The molecule has 2 aromatic rings. The maximum absolute atomic E-state index is 11.5. The maximum atomic E-state index is 11.5. The summed E-state index contributed by atoms with van der Waals surface area (Å²) in [6, 6.07) is 12.8. The summed E-state index contributed by atoms with van der Waals surface area (Å²) in [7, 11) is -3.31. The molecule has 0 amide bonds.